The van der Waals surface area contributed by atoms with Gasteiger partial charge < -0.3 is 10.1 Å². The smallest absolute Gasteiger partial charge is 0.408 e. The minimum absolute atomic E-state index is 0.0391. The minimum atomic E-state index is -3.60. The van der Waals surface area contributed by atoms with Gasteiger partial charge in [0.2, 0.25) is 0 Å². The van der Waals surface area contributed by atoms with Crippen LogP contribution in [0.4, 0.5) is 4.79 Å². The number of ether oxygens (including phenoxy) is 1. The third-order valence-electron chi connectivity index (χ3n) is 3.12. The summed E-state index contributed by atoms with van der Waals surface area (Å²) in [6.45, 7) is 5.22. The summed E-state index contributed by atoms with van der Waals surface area (Å²) in [5, 5.41) is 1.60. The van der Waals surface area contributed by atoms with E-state index >= 15 is 0 Å². The van der Waals surface area contributed by atoms with Gasteiger partial charge in [0.15, 0.2) is 9.84 Å². The molecule has 5 nitrogen and oxygen atoms in total. The van der Waals surface area contributed by atoms with Crippen LogP contribution in [0.1, 0.15) is 33.6 Å². The van der Waals surface area contributed by atoms with Gasteiger partial charge in [-0.25, -0.2) is 13.2 Å². The van der Waals surface area contributed by atoms with Crippen LogP contribution in [0.15, 0.2) is 35.2 Å². The molecule has 1 aromatic carbocycles. The Hall–Kier alpha value is -1.56. The lowest BCUT2D eigenvalue weighted by molar-refractivity contribution is 0.0515. The van der Waals surface area contributed by atoms with Crippen LogP contribution in [-0.2, 0) is 14.6 Å². The second-order valence-corrected chi connectivity index (χ2v) is 8.33. The fourth-order valence-corrected chi connectivity index (χ4v) is 3.89. The molecule has 2 rings (SSSR count). The van der Waals surface area contributed by atoms with E-state index in [9.17, 15) is 13.2 Å². The average Bonchev–Trinajstić information content (AvgIpc) is 3.19. The first-order valence-corrected chi connectivity index (χ1v) is 8.53. The van der Waals surface area contributed by atoms with Crippen molar-refractivity contribution in [2.45, 2.75) is 49.5 Å². The van der Waals surface area contributed by atoms with Crippen molar-refractivity contribution in [3.63, 3.8) is 0 Å². The van der Waals surface area contributed by atoms with E-state index in [0.29, 0.717) is 0 Å². The first-order valence-electron chi connectivity index (χ1n) is 6.98. The van der Waals surface area contributed by atoms with E-state index in [1.807, 2.05) is 0 Å². The van der Waals surface area contributed by atoms with Gasteiger partial charge in [-0.3, -0.25) is 0 Å². The molecule has 0 bridgehead atoms. The molecular weight excluding hydrogens is 290 g/mol. The Balaban J connectivity index is 2.18. The van der Waals surface area contributed by atoms with Crippen LogP contribution < -0.4 is 5.32 Å². The van der Waals surface area contributed by atoms with Gasteiger partial charge in [0.1, 0.15) is 11.0 Å². The third kappa shape index (κ3) is 4.20. The van der Waals surface area contributed by atoms with Crippen LogP contribution in [0.25, 0.3) is 0 Å². The predicted octanol–water partition coefficient (Wildman–Crippen LogP) is 2.72. The lowest BCUT2D eigenvalue weighted by Crippen LogP contribution is -2.44. The van der Waals surface area contributed by atoms with Crippen molar-refractivity contribution >= 4 is 15.9 Å². The van der Waals surface area contributed by atoms with Crippen LogP contribution in [-0.4, -0.2) is 25.5 Å². The Labute approximate surface area is 125 Å². The molecule has 1 unspecified atom stereocenters. The molecule has 1 aromatic rings. The number of alkyl carbamates (subject to hydrolysis) is 1. The number of carbonyl (C=O) groups is 1. The van der Waals surface area contributed by atoms with Gasteiger partial charge >= 0.3 is 6.09 Å². The van der Waals surface area contributed by atoms with Crippen molar-refractivity contribution in [1.29, 1.82) is 0 Å². The summed E-state index contributed by atoms with van der Waals surface area (Å²) in [5.74, 6) is -0.0391. The molecule has 1 saturated carbocycles. The van der Waals surface area contributed by atoms with E-state index in [1.165, 1.54) is 0 Å². The third-order valence-corrected chi connectivity index (χ3v) is 5.22. The van der Waals surface area contributed by atoms with E-state index in [1.54, 1.807) is 51.1 Å². The second kappa shape index (κ2) is 5.67. The number of amides is 1. The van der Waals surface area contributed by atoms with Gasteiger partial charge in [-0.2, -0.15) is 0 Å². The standard InChI is InChI=1S/C15H21NO4S/c1-15(2,3)20-14(17)16-13(11-9-10-11)21(18,19)12-7-5-4-6-8-12/h4-8,11,13H,9-10H2,1-3H3,(H,16,17). The normalized spacial score (nSPS) is 17.1. The minimum Gasteiger partial charge on any atom is -0.444 e. The van der Waals surface area contributed by atoms with E-state index in [-0.39, 0.29) is 10.8 Å². The van der Waals surface area contributed by atoms with Gasteiger partial charge in [-0.15, -0.1) is 0 Å². The first kappa shape index (κ1) is 15.8. The molecular formula is C15H21NO4S. The lowest BCUT2D eigenvalue weighted by atomic mass is 10.2. The molecule has 116 valence electrons. The SMILES string of the molecule is CC(C)(C)OC(=O)NC(C1CC1)S(=O)(=O)c1ccccc1. The number of carbonyl (C=O) groups excluding carboxylic acids is 1. The molecule has 0 radical (unpaired) electrons. The van der Waals surface area contributed by atoms with Gasteiger partial charge in [-0.1, -0.05) is 18.2 Å². The fourth-order valence-electron chi connectivity index (χ4n) is 2.03. The van der Waals surface area contributed by atoms with Crippen LogP contribution in [0, 0.1) is 5.92 Å². The molecule has 1 amide bonds. The van der Waals surface area contributed by atoms with Crippen LogP contribution in [0.2, 0.25) is 0 Å². The summed E-state index contributed by atoms with van der Waals surface area (Å²) in [4.78, 5) is 12.1. The lowest BCUT2D eigenvalue weighted by Gasteiger charge is -2.23. The molecule has 0 saturated heterocycles. The zero-order valence-electron chi connectivity index (χ0n) is 12.5. The summed E-state index contributed by atoms with van der Waals surface area (Å²) in [6.07, 6.45) is 0.901. The zero-order valence-corrected chi connectivity index (χ0v) is 13.3. The summed E-state index contributed by atoms with van der Waals surface area (Å²) < 4.78 is 30.5. The highest BCUT2D eigenvalue weighted by Gasteiger charge is 2.42. The first-order chi connectivity index (χ1) is 9.70. The van der Waals surface area contributed by atoms with E-state index in [4.69, 9.17) is 4.74 Å². The number of hydrogen-bond acceptors (Lipinski definition) is 4. The number of benzene rings is 1. The molecule has 0 aliphatic heterocycles. The molecule has 1 N–H and O–H groups in total. The highest BCUT2D eigenvalue weighted by atomic mass is 32.2. The van der Waals surface area contributed by atoms with Gasteiger partial charge in [-0.05, 0) is 51.7 Å². The zero-order chi connectivity index (χ0) is 15.7. The molecule has 1 aliphatic rings. The molecule has 1 atom stereocenters. The molecule has 1 fully saturated rings. The Bertz CT molecular complexity index is 600. The molecule has 21 heavy (non-hydrogen) atoms. The van der Waals surface area contributed by atoms with Crippen molar-refractivity contribution in [3.05, 3.63) is 30.3 Å². The molecule has 0 spiro atoms. The highest BCUT2D eigenvalue weighted by molar-refractivity contribution is 7.92. The van der Waals surface area contributed by atoms with Gasteiger partial charge in [0.25, 0.3) is 0 Å². The van der Waals surface area contributed by atoms with Crippen molar-refractivity contribution < 1.29 is 17.9 Å². The number of hydrogen-bond donors (Lipinski definition) is 1. The largest absolute Gasteiger partial charge is 0.444 e. The second-order valence-electron chi connectivity index (χ2n) is 6.26. The number of rotatable bonds is 4. The van der Waals surface area contributed by atoms with Crippen LogP contribution >= 0.6 is 0 Å². The van der Waals surface area contributed by atoms with Crippen molar-refractivity contribution in [2.75, 3.05) is 0 Å². The van der Waals surface area contributed by atoms with E-state index in [0.717, 1.165) is 12.8 Å². The Kier molecular flexibility index (Phi) is 4.27. The summed E-state index contributed by atoms with van der Waals surface area (Å²) >= 11 is 0. The molecule has 1 aliphatic carbocycles. The van der Waals surface area contributed by atoms with Crippen LogP contribution in [0.5, 0.6) is 0 Å². The molecule has 0 heterocycles. The highest BCUT2D eigenvalue weighted by Crippen LogP contribution is 2.37. The fraction of sp³-hybridized carbons (Fsp3) is 0.533. The van der Waals surface area contributed by atoms with E-state index < -0.39 is 26.9 Å². The maximum Gasteiger partial charge on any atom is 0.408 e. The predicted molar refractivity (Wildman–Crippen MR) is 79.5 cm³/mol. The van der Waals surface area contributed by atoms with Crippen LogP contribution in [0.3, 0.4) is 0 Å². The molecule has 6 heteroatoms. The average molecular weight is 311 g/mol. The maximum absolute atomic E-state index is 12.6. The van der Waals surface area contributed by atoms with E-state index in [2.05, 4.69) is 5.32 Å². The maximum atomic E-state index is 12.6. The van der Waals surface area contributed by atoms with Crippen molar-refractivity contribution in [2.24, 2.45) is 5.92 Å². The van der Waals surface area contributed by atoms with Gasteiger partial charge in [0.05, 0.1) is 4.90 Å². The summed E-state index contributed by atoms with van der Waals surface area (Å²) in [6, 6.07) is 8.18. The molecule has 0 aromatic heterocycles. The van der Waals surface area contributed by atoms with Gasteiger partial charge in [0, 0.05) is 0 Å². The number of nitrogens with one attached hydrogen (secondary N) is 1. The quantitative estimate of drug-likeness (QED) is 0.928. The Morgan fingerprint density at radius 1 is 1.24 bits per heavy atom. The van der Waals surface area contributed by atoms with Crippen molar-refractivity contribution in [1.82, 2.24) is 5.32 Å². The Morgan fingerprint density at radius 3 is 2.29 bits per heavy atom. The Morgan fingerprint density at radius 2 is 1.81 bits per heavy atom. The monoisotopic (exact) mass is 311 g/mol. The summed E-state index contributed by atoms with van der Waals surface area (Å²) in [7, 11) is -3.60. The topological polar surface area (TPSA) is 72.5 Å². The summed E-state index contributed by atoms with van der Waals surface area (Å²) in [5.41, 5.74) is -0.658. The number of sulfone groups is 1. The van der Waals surface area contributed by atoms with Crippen molar-refractivity contribution in [3.8, 4) is 0 Å².